The molecule has 0 aliphatic carbocycles. The molecule has 41 heavy (non-hydrogen) atoms. The number of hydrogen-bond donors (Lipinski definition) is 7. The van der Waals surface area contributed by atoms with E-state index in [0.29, 0.717) is 31.5 Å². The Labute approximate surface area is 234 Å². The van der Waals surface area contributed by atoms with Crippen LogP contribution in [0, 0.1) is 0 Å². The molecule has 2 atom stereocenters. The SMILES string of the molecule is CN(C(=O)c1cc(O)c(C(=O)c2c(O)cccc2C(=O)O)c(O)c1)C1CCCNCC1NC(=O)c1ccc(O)cc1. The van der Waals surface area contributed by atoms with E-state index in [1.807, 2.05) is 0 Å². The Balaban J connectivity index is 1.60. The Morgan fingerprint density at radius 1 is 0.878 bits per heavy atom. The lowest BCUT2D eigenvalue weighted by atomic mass is 9.94. The third kappa shape index (κ3) is 6.07. The molecular formula is C29H29N3O9. The number of carbonyl (C=O) groups is 4. The summed E-state index contributed by atoms with van der Waals surface area (Å²) in [5.41, 5.74) is -1.66. The lowest BCUT2D eigenvalue weighted by molar-refractivity contribution is 0.0669. The van der Waals surface area contributed by atoms with Crippen molar-refractivity contribution in [3.05, 3.63) is 82.4 Å². The van der Waals surface area contributed by atoms with Gasteiger partial charge in [-0.05, 0) is 67.9 Å². The van der Waals surface area contributed by atoms with Crippen molar-refractivity contribution in [1.82, 2.24) is 15.5 Å². The van der Waals surface area contributed by atoms with E-state index in [2.05, 4.69) is 10.6 Å². The summed E-state index contributed by atoms with van der Waals surface area (Å²) in [6.07, 6.45) is 1.22. The van der Waals surface area contributed by atoms with Crippen LogP contribution < -0.4 is 10.6 Å². The summed E-state index contributed by atoms with van der Waals surface area (Å²) in [5.74, 6) is -5.86. The number of aromatic hydroxyl groups is 4. The van der Waals surface area contributed by atoms with Gasteiger partial charge in [-0.1, -0.05) is 6.07 Å². The lowest BCUT2D eigenvalue weighted by Gasteiger charge is -2.34. The Bertz CT molecular complexity index is 1480. The van der Waals surface area contributed by atoms with Crippen molar-refractivity contribution in [3.63, 3.8) is 0 Å². The highest BCUT2D eigenvalue weighted by atomic mass is 16.4. The second-order valence-electron chi connectivity index (χ2n) is 9.68. The number of carbonyl (C=O) groups excluding carboxylic acids is 3. The van der Waals surface area contributed by atoms with Crippen LogP contribution >= 0.6 is 0 Å². The smallest absolute Gasteiger partial charge is 0.336 e. The quantitative estimate of drug-likeness (QED) is 0.209. The Hall–Kier alpha value is -5.10. The number of rotatable bonds is 7. The number of likely N-dealkylation sites (N-methyl/N-ethyl adjacent to an activating group) is 1. The number of nitrogens with one attached hydrogen (secondary N) is 2. The lowest BCUT2D eigenvalue weighted by Crippen LogP contribution is -2.54. The molecule has 3 aromatic carbocycles. The van der Waals surface area contributed by atoms with Crippen molar-refractivity contribution in [2.75, 3.05) is 20.1 Å². The number of phenols is 4. The van der Waals surface area contributed by atoms with Gasteiger partial charge in [0.25, 0.3) is 11.8 Å². The van der Waals surface area contributed by atoms with E-state index in [-0.39, 0.29) is 11.3 Å². The summed E-state index contributed by atoms with van der Waals surface area (Å²) in [6, 6.07) is 10.1. The third-order valence-corrected chi connectivity index (χ3v) is 7.02. The summed E-state index contributed by atoms with van der Waals surface area (Å²) in [5, 5.41) is 56.5. The molecule has 0 saturated carbocycles. The summed E-state index contributed by atoms with van der Waals surface area (Å²) in [7, 11) is 1.52. The van der Waals surface area contributed by atoms with Gasteiger partial charge in [-0.3, -0.25) is 14.4 Å². The molecule has 0 aromatic heterocycles. The normalized spacial score (nSPS) is 16.8. The number of phenolic OH excluding ortho intramolecular Hbond substituents is 4. The molecule has 0 bridgehead atoms. The van der Waals surface area contributed by atoms with Gasteiger partial charge in [0.2, 0.25) is 5.78 Å². The number of ketones is 1. The number of hydrogen-bond acceptors (Lipinski definition) is 9. The monoisotopic (exact) mass is 563 g/mol. The van der Waals surface area contributed by atoms with Gasteiger partial charge in [-0.25, -0.2) is 4.79 Å². The van der Waals surface area contributed by atoms with Crippen LogP contribution in [0.5, 0.6) is 23.0 Å². The van der Waals surface area contributed by atoms with Gasteiger partial charge in [-0.2, -0.15) is 0 Å². The topological polar surface area (TPSA) is 197 Å². The zero-order valence-corrected chi connectivity index (χ0v) is 22.0. The summed E-state index contributed by atoms with van der Waals surface area (Å²) in [4.78, 5) is 52.4. The van der Waals surface area contributed by atoms with Crippen molar-refractivity contribution >= 4 is 23.6 Å². The molecule has 4 rings (SSSR count). The molecule has 1 saturated heterocycles. The average molecular weight is 564 g/mol. The van der Waals surface area contributed by atoms with Crippen molar-refractivity contribution in [1.29, 1.82) is 0 Å². The number of carboxylic acids is 1. The van der Waals surface area contributed by atoms with Gasteiger partial charge in [0, 0.05) is 24.7 Å². The van der Waals surface area contributed by atoms with E-state index in [0.717, 1.165) is 24.3 Å². The molecule has 1 fully saturated rings. The van der Waals surface area contributed by atoms with Crippen LogP contribution in [-0.4, -0.2) is 86.2 Å². The van der Waals surface area contributed by atoms with Crippen LogP contribution in [0.25, 0.3) is 0 Å². The minimum atomic E-state index is -1.50. The highest BCUT2D eigenvalue weighted by Gasteiger charge is 2.33. The van der Waals surface area contributed by atoms with Crippen molar-refractivity contribution in [2.24, 2.45) is 0 Å². The molecule has 2 unspecified atom stereocenters. The van der Waals surface area contributed by atoms with Gasteiger partial charge < -0.3 is 41.1 Å². The van der Waals surface area contributed by atoms with Gasteiger partial charge in [-0.15, -0.1) is 0 Å². The van der Waals surface area contributed by atoms with E-state index < -0.39 is 69.6 Å². The molecular weight excluding hydrogens is 534 g/mol. The van der Waals surface area contributed by atoms with Gasteiger partial charge in [0.05, 0.1) is 23.2 Å². The third-order valence-electron chi connectivity index (χ3n) is 7.02. The van der Waals surface area contributed by atoms with Crippen molar-refractivity contribution in [2.45, 2.75) is 24.9 Å². The van der Waals surface area contributed by atoms with E-state index >= 15 is 0 Å². The Morgan fingerprint density at radius 3 is 2.17 bits per heavy atom. The number of amides is 2. The predicted octanol–water partition coefficient (Wildman–Crippen LogP) is 2.06. The molecule has 1 aliphatic heterocycles. The molecule has 214 valence electrons. The minimum Gasteiger partial charge on any atom is -0.508 e. The second-order valence-corrected chi connectivity index (χ2v) is 9.68. The average Bonchev–Trinajstić information content (AvgIpc) is 3.17. The molecule has 12 nitrogen and oxygen atoms in total. The standard InChI is InChI=1S/C29H29N3O9/c1-32(20-5-3-11-30-14-19(20)31-27(38)15-7-9-17(33)10-8-15)28(39)16-12-22(35)25(23(36)13-16)26(37)24-18(29(40)41)4-2-6-21(24)34/h2,4,6-10,12-13,19-20,30,33-36H,3,5,11,14H2,1H3,(H,31,38)(H,40,41). The highest BCUT2D eigenvalue weighted by molar-refractivity contribution is 6.18. The first-order chi connectivity index (χ1) is 19.5. The van der Waals surface area contributed by atoms with Gasteiger partial charge in [0.1, 0.15) is 28.6 Å². The zero-order chi connectivity index (χ0) is 29.8. The van der Waals surface area contributed by atoms with Crippen LogP contribution in [-0.2, 0) is 0 Å². The molecule has 0 spiro atoms. The number of benzene rings is 3. The van der Waals surface area contributed by atoms with Crippen LogP contribution in [0.15, 0.2) is 54.6 Å². The summed E-state index contributed by atoms with van der Waals surface area (Å²) >= 11 is 0. The van der Waals surface area contributed by atoms with Crippen LogP contribution in [0.1, 0.15) is 59.8 Å². The fourth-order valence-electron chi connectivity index (χ4n) is 4.91. The fourth-order valence-corrected chi connectivity index (χ4v) is 4.91. The summed E-state index contributed by atoms with van der Waals surface area (Å²) in [6.45, 7) is 1.02. The molecule has 1 heterocycles. The van der Waals surface area contributed by atoms with Crippen molar-refractivity contribution in [3.8, 4) is 23.0 Å². The largest absolute Gasteiger partial charge is 0.508 e. The first-order valence-corrected chi connectivity index (χ1v) is 12.7. The van der Waals surface area contributed by atoms with Gasteiger partial charge >= 0.3 is 5.97 Å². The van der Waals surface area contributed by atoms with Crippen LogP contribution in [0.4, 0.5) is 0 Å². The van der Waals surface area contributed by atoms with E-state index in [4.69, 9.17) is 0 Å². The number of nitrogens with zero attached hydrogens (tertiary/aromatic N) is 1. The first-order valence-electron chi connectivity index (χ1n) is 12.7. The minimum absolute atomic E-state index is 0.0167. The summed E-state index contributed by atoms with van der Waals surface area (Å²) < 4.78 is 0. The molecule has 0 radical (unpaired) electrons. The molecule has 3 aromatic rings. The maximum atomic E-state index is 13.5. The fraction of sp³-hybridized carbons (Fsp3) is 0.241. The Morgan fingerprint density at radius 2 is 1.54 bits per heavy atom. The highest BCUT2D eigenvalue weighted by Crippen LogP contribution is 2.35. The molecule has 2 amide bonds. The Kier molecular flexibility index (Phi) is 8.43. The molecule has 12 heteroatoms. The van der Waals surface area contributed by atoms with E-state index in [9.17, 15) is 44.7 Å². The molecule has 1 aliphatic rings. The number of carboxylic acid groups (broad SMARTS) is 1. The van der Waals surface area contributed by atoms with E-state index in [1.54, 1.807) is 0 Å². The maximum Gasteiger partial charge on any atom is 0.336 e. The van der Waals surface area contributed by atoms with Crippen LogP contribution in [0.2, 0.25) is 0 Å². The second kappa shape index (κ2) is 12.0. The van der Waals surface area contributed by atoms with Crippen LogP contribution in [0.3, 0.4) is 0 Å². The van der Waals surface area contributed by atoms with E-state index in [1.165, 1.54) is 42.3 Å². The maximum absolute atomic E-state index is 13.5. The van der Waals surface area contributed by atoms with Crippen molar-refractivity contribution < 1.29 is 44.7 Å². The predicted molar refractivity (Wildman–Crippen MR) is 146 cm³/mol. The zero-order valence-electron chi connectivity index (χ0n) is 22.0. The number of aromatic carboxylic acids is 1. The van der Waals surface area contributed by atoms with Gasteiger partial charge in [0.15, 0.2) is 0 Å². The molecule has 7 N–H and O–H groups in total. The first kappa shape index (κ1) is 28.9.